The van der Waals surface area contributed by atoms with Crippen LogP contribution in [-0.2, 0) is 22.7 Å². The van der Waals surface area contributed by atoms with Gasteiger partial charge < -0.3 is 20.1 Å². The van der Waals surface area contributed by atoms with E-state index in [1.54, 1.807) is 6.20 Å². The molecule has 1 aromatic carbocycles. The number of alkyl carbamates (subject to hydrolysis) is 1. The van der Waals surface area contributed by atoms with Crippen LogP contribution < -0.4 is 15.4 Å². The van der Waals surface area contributed by atoms with Gasteiger partial charge in [0.1, 0.15) is 12.6 Å². The number of nitrogens with zero attached hydrogens (tertiary/aromatic N) is 1. The largest absolute Gasteiger partial charge is 0.477 e. The Labute approximate surface area is 183 Å². The van der Waals surface area contributed by atoms with Gasteiger partial charge in [0.05, 0.1) is 6.61 Å². The maximum absolute atomic E-state index is 12.8. The number of pyridine rings is 1. The number of carbonyl (C=O) groups is 2. The second-order valence-electron chi connectivity index (χ2n) is 8.05. The Bertz CT molecular complexity index is 838. The first-order chi connectivity index (χ1) is 15.0. The number of amides is 2. The normalized spacial score (nSPS) is 14.9. The van der Waals surface area contributed by atoms with Crippen molar-refractivity contribution in [1.29, 1.82) is 0 Å². The molecule has 1 saturated carbocycles. The minimum Gasteiger partial charge on any atom is -0.477 e. The van der Waals surface area contributed by atoms with E-state index in [4.69, 9.17) is 9.47 Å². The van der Waals surface area contributed by atoms with Crippen LogP contribution in [0.1, 0.15) is 44.2 Å². The van der Waals surface area contributed by atoms with Gasteiger partial charge in [-0.05, 0) is 35.8 Å². The van der Waals surface area contributed by atoms with Crippen molar-refractivity contribution in [3.8, 4) is 5.88 Å². The van der Waals surface area contributed by atoms with Crippen molar-refractivity contribution >= 4 is 12.0 Å². The molecule has 2 amide bonds. The number of benzene rings is 1. The zero-order chi connectivity index (χ0) is 22.1. The molecule has 7 heteroatoms. The Morgan fingerprint density at radius 1 is 1.13 bits per heavy atom. The van der Waals surface area contributed by atoms with Crippen LogP contribution in [0.25, 0.3) is 0 Å². The third kappa shape index (κ3) is 7.59. The Hall–Kier alpha value is -3.09. The lowest BCUT2D eigenvalue weighted by Crippen LogP contribution is -2.50. The van der Waals surface area contributed by atoms with Gasteiger partial charge in [0.15, 0.2) is 0 Å². The van der Waals surface area contributed by atoms with Gasteiger partial charge in [-0.25, -0.2) is 9.78 Å². The van der Waals surface area contributed by atoms with E-state index < -0.39 is 12.1 Å². The quantitative estimate of drug-likeness (QED) is 0.571. The summed E-state index contributed by atoms with van der Waals surface area (Å²) in [5.41, 5.74) is 1.75. The van der Waals surface area contributed by atoms with Gasteiger partial charge >= 0.3 is 6.09 Å². The fraction of sp³-hybridized carbons (Fsp3) is 0.458. The molecule has 1 fully saturated rings. The highest BCUT2D eigenvalue weighted by atomic mass is 16.5. The zero-order valence-corrected chi connectivity index (χ0v) is 18.2. The minimum atomic E-state index is -0.678. The molecule has 0 aliphatic heterocycles. The lowest BCUT2D eigenvalue weighted by molar-refractivity contribution is -0.124. The number of ether oxygens (including phenoxy) is 2. The molecule has 0 bridgehead atoms. The van der Waals surface area contributed by atoms with E-state index in [9.17, 15) is 9.59 Å². The van der Waals surface area contributed by atoms with Gasteiger partial charge in [-0.3, -0.25) is 4.79 Å². The van der Waals surface area contributed by atoms with Gasteiger partial charge in [0.25, 0.3) is 0 Å². The zero-order valence-electron chi connectivity index (χ0n) is 18.2. The van der Waals surface area contributed by atoms with Gasteiger partial charge in [-0.1, -0.05) is 56.7 Å². The van der Waals surface area contributed by atoms with Crippen molar-refractivity contribution < 1.29 is 19.1 Å². The van der Waals surface area contributed by atoms with Crippen molar-refractivity contribution in [2.24, 2.45) is 11.8 Å². The fourth-order valence-corrected chi connectivity index (χ4v) is 2.98. The van der Waals surface area contributed by atoms with E-state index >= 15 is 0 Å². The predicted molar refractivity (Wildman–Crippen MR) is 117 cm³/mol. The summed E-state index contributed by atoms with van der Waals surface area (Å²) in [5, 5.41) is 5.59. The summed E-state index contributed by atoms with van der Waals surface area (Å²) >= 11 is 0. The van der Waals surface area contributed by atoms with E-state index in [2.05, 4.69) is 15.6 Å². The smallest absolute Gasteiger partial charge is 0.408 e. The first-order valence-corrected chi connectivity index (χ1v) is 10.9. The monoisotopic (exact) mass is 425 g/mol. The molecule has 2 aromatic rings. The molecule has 7 nitrogen and oxygen atoms in total. The molecule has 1 aliphatic carbocycles. The molecule has 31 heavy (non-hydrogen) atoms. The van der Waals surface area contributed by atoms with Gasteiger partial charge in [0, 0.05) is 18.8 Å². The highest BCUT2D eigenvalue weighted by Gasteiger charge is 2.26. The Kier molecular flexibility index (Phi) is 8.27. The highest BCUT2D eigenvalue weighted by molar-refractivity contribution is 5.85. The topological polar surface area (TPSA) is 89.5 Å². The van der Waals surface area contributed by atoms with E-state index in [0.717, 1.165) is 17.5 Å². The molecule has 1 aromatic heterocycles. The number of nitrogens with one attached hydrogen (secondary N) is 2. The number of hydrogen-bond acceptors (Lipinski definition) is 5. The first-order valence-electron chi connectivity index (χ1n) is 10.9. The lowest BCUT2D eigenvalue weighted by Gasteiger charge is -2.23. The van der Waals surface area contributed by atoms with Crippen LogP contribution >= 0.6 is 0 Å². The summed E-state index contributed by atoms with van der Waals surface area (Å²) in [6, 6.07) is 12.4. The summed E-state index contributed by atoms with van der Waals surface area (Å²) < 4.78 is 10.9. The van der Waals surface area contributed by atoms with Crippen LogP contribution in [0, 0.1) is 11.8 Å². The van der Waals surface area contributed by atoms with Crippen LogP contribution in [0.15, 0.2) is 48.7 Å². The molecule has 0 unspecified atom stereocenters. The molecule has 0 saturated heterocycles. The third-order valence-electron chi connectivity index (χ3n) is 5.41. The summed E-state index contributed by atoms with van der Waals surface area (Å²) in [6.07, 6.45) is 4.29. The standard InChI is InChI=1S/C24H31N3O4/c1-3-17(2)22(27-24(29)31-16-18-7-5-4-6-8-18)23(28)26-14-20-11-12-21(25-13-20)30-15-19-9-10-19/h4-8,11-13,17,19,22H,3,9-10,14-16H2,1-2H3,(H,26,28)(H,27,29)/t17-,22-/m0/s1. The number of rotatable bonds is 11. The minimum absolute atomic E-state index is 0.0411. The van der Waals surface area contributed by atoms with Crippen molar-refractivity contribution in [2.45, 2.75) is 52.3 Å². The summed E-state index contributed by atoms with van der Waals surface area (Å²) in [4.78, 5) is 29.3. The van der Waals surface area contributed by atoms with E-state index in [1.165, 1.54) is 12.8 Å². The average molecular weight is 426 g/mol. The Morgan fingerprint density at radius 2 is 1.90 bits per heavy atom. The van der Waals surface area contributed by atoms with Crippen molar-refractivity contribution in [3.05, 3.63) is 59.8 Å². The van der Waals surface area contributed by atoms with Crippen LogP contribution in [0.3, 0.4) is 0 Å². The molecule has 2 N–H and O–H groups in total. The number of hydrogen-bond donors (Lipinski definition) is 2. The van der Waals surface area contributed by atoms with Crippen LogP contribution in [-0.4, -0.2) is 29.6 Å². The number of aromatic nitrogens is 1. The molecule has 2 atom stereocenters. The molecule has 1 heterocycles. The maximum Gasteiger partial charge on any atom is 0.408 e. The van der Waals surface area contributed by atoms with Gasteiger partial charge in [0.2, 0.25) is 11.8 Å². The molecular weight excluding hydrogens is 394 g/mol. The second-order valence-corrected chi connectivity index (χ2v) is 8.05. The van der Waals surface area contributed by atoms with Crippen molar-refractivity contribution in [2.75, 3.05) is 6.61 Å². The van der Waals surface area contributed by atoms with Crippen LogP contribution in [0.5, 0.6) is 5.88 Å². The van der Waals surface area contributed by atoms with Crippen molar-refractivity contribution in [1.82, 2.24) is 15.6 Å². The van der Waals surface area contributed by atoms with Gasteiger partial charge in [-0.15, -0.1) is 0 Å². The van der Waals surface area contributed by atoms with Crippen molar-refractivity contribution in [3.63, 3.8) is 0 Å². The SMILES string of the molecule is CC[C@H](C)[C@H](NC(=O)OCc1ccccc1)C(=O)NCc1ccc(OCC2CC2)nc1. The van der Waals surface area contributed by atoms with Crippen LogP contribution in [0.4, 0.5) is 4.79 Å². The Balaban J connectivity index is 1.47. The Morgan fingerprint density at radius 3 is 2.55 bits per heavy atom. The molecular formula is C24H31N3O4. The molecule has 0 radical (unpaired) electrons. The molecule has 0 spiro atoms. The highest BCUT2D eigenvalue weighted by Crippen LogP contribution is 2.29. The summed E-state index contributed by atoms with van der Waals surface area (Å²) in [6.45, 7) is 5.10. The fourth-order valence-electron chi connectivity index (χ4n) is 2.98. The van der Waals surface area contributed by atoms with Gasteiger partial charge in [-0.2, -0.15) is 0 Å². The average Bonchev–Trinajstić information content (AvgIpc) is 3.63. The predicted octanol–water partition coefficient (Wildman–Crippen LogP) is 3.83. The van der Waals surface area contributed by atoms with Crippen LogP contribution in [0.2, 0.25) is 0 Å². The maximum atomic E-state index is 12.8. The molecule has 1 aliphatic rings. The van der Waals surface area contributed by atoms with E-state index in [1.807, 2.05) is 56.3 Å². The van der Waals surface area contributed by atoms with E-state index in [-0.39, 0.29) is 18.4 Å². The van der Waals surface area contributed by atoms with E-state index in [0.29, 0.717) is 24.9 Å². The number of carbonyl (C=O) groups excluding carboxylic acids is 2. The second kappa shape index (κ2) is 11.3. The first kappa shape index (κ1) is 22.6. The lowest BCUT2D eigenvalue weighted by atomic mass is 9.98. The molecule has 166 valence electrons. The summed E-state index contributed by atoms with van der Waals surface area (Å²) in [5.74, 6) is 0.980. The molecule has 3 rings (SSSR count). The summed E-state index contributed by atoms with van der Waals surface area (Å²) in [7, 11) is 0. The third-order valence-corrected chi connectivity index (χ3v) is 5.41.